The van der Waals surface area contributed by atoms with Gasteiger partial charge in [-0.15, -0.1) is 0 Å². The molecule has 0 bridgehead atoms. The van der Waals surface area contributed by atoms with Gasteiger partial charge in [0.05, 0.1) is 11.4 Å². The maximum atomic E-state index is 4.49. The first-order valence-electron chi connectivity index (χ1n) is 8.52. The average molecular weight is 292 g/mol. The first-order valence-corrected chi connectivity index (χ1v) is 8.52. The molecule has 1 aliphatic rings. The van der Waals surface area contributed by atoms with Crippen LogP contribution in [0.15, 0.2) is 6.07 Å². The fourth-order valence-corrected chi connectivity index (χ4v) is 3.38. The molecule has 0 spiro atoms. The van der Waals surface area contributed by atoms with Crippen molar-refractivity contribution in [2.24, 2.45) is 13.0 Å². The molecule has 0 amide bonds. The number of hydrogen-bond donors (Lipinski definition) is 1. The molecule has 1 fully saturated rings. The molecule has 0 aliphatic carbocycles. The average Bonchev–Trinajstić information content (AvgIpc) is 2.78. The lowest BCUT2D eigenvalue weighted by molar-refractivity contribution is 0.0936. The van der Waals surface area contributed by atoms with E-state index in [1.807, 2.05) is 4.68 Å². The SMILES string of the molecule is CCCC1CNC(C(C)CC)CN1Cc1cc(C)nn1C. The minimum Gasteiger partial charge on any atom is -0.311 e. The molecule has 0 aromatic carbocycles. The Hall–Kier alpha value is -0.870. The van der Waals surface area contributed by atoms with Crippen molar-refractivity contribution in [1.82, 2.24) is 20.0 Å². The van der Waals surface area contributed by atoms with Crippen molar-refractivity contribution in [3.63, 3.8) is 0 Å². The Labute approximate surface area is 129 Å². The van der Waals surface area contributed by atoms with E-state index in [4.69, 9.17) is 0 Å². The highest BCUT2D eigenvalue weighted by atomic mass is 15.3. The fraction of sp³-hybridized carbons (Fsp3) is 0.824. The van der Waals surface area contributed by atoms with E-state index in [0.29, 0.717) is 12.1 Å². The van der Waals surface area contributed by atoms with Gasteiger partial charge in [-0.3, -0.25) is 9.58 Å². The van der Waals surface area contributed by atoms with Crippen molar-refractivity contribution in [1.29, 1.82) is 0 Å². The summed E-state index contributed by atoms with van der Waals surface area (Å²) < 4.78 is 2.04. The summed E-state index contributed by atoms with van der Waals surface area (Å²) >= 11 is 0. The molecular formula is C17H32N4. The fourth-order valence-electron chi connectivity index (χ4n) is 3.38. The van der Waals surface area contributed by atoms with Crippen LogP contribution in [0.2, 0.25) is 0 Å². The predicted octanol–water partition coefficient (Wildman–Crippen LogP) is 2.72. The second-order valence-corrected chi connectivity index (χ2v) is 6.67. The summed E-state index contributed by atoms with van der Waals surface area (Å²) in [6, 6.07) is 3.51. The highest BCUT2D eigenvalue weighted by molar-refractivity contribution is 5.09. The Kier molecular flexibility index (Phi) is 5.82. The second-order valence-electron chi connectivity index (χ2n) is 6.67. The number of aryl methyl sites for hydroxylation is 2. The summed E-state index contributed by atoms with van der Waals surface area (Å²) in [7, 11) is 2.06. The monoisotopic (exact) mass is 292 g/mol. The van der Waals surface area contributed by atoms with Gasteiger partial charge in [0.15, 0.2) is 0 Å². The van der Waals surface area contributed by atoms with E-state index >= 15 is 0 Å². The quantitative estimate of drug-likeness (QED) is 0.875. The minimum absolute atomic E-state index is 0.623. The topological polar surface area (TPSA) is 33.1 Å². The summed E-state index contributed by atoms with van der Waals surface area (Å²) in [6.45, 7) is 12.3. The molecule has 1 saturated heterocycles. The van der Waals surface area contributed by atoms with Crippen LogP contribution in [0.1, 0.15) is 51.4 Å². The molecule has 1 N–H and O–H groups in total. The van der Waals surface area contributed by atoms with Gasteiger partial charge in [-0.1, -0.05) is 33.6 Å². The van der Waals surface area contributed by atoms with Gasteiger partial charge in [0.1, 0.15) is 0 Å². The summed E-state index contributed by atoms with van der Waals surface area (Å²) in [4.78, 5) is 2.67. The minimum atomic E-state index is 0.623. The van der Waals surface area contributed by atoms with Gasteiger partial charge < -0.3 is 5.32 Å². The van der Waals surface area contributed by atoms with Crippen LogP contribution in [-0.2, 0) is 13.6 Å². The summed E-state index contributed by atoms with van der Waals surface area (Å²) in [5, 5.41) is 8.27. The van der Waals surface area contributed by atoms with Crippen LogP contribution in [0.3, 0.4) is 0 Å². The van der Waals surface area contributed by atoms with Crippen molar-refractivity contribution in [2.75, 3.05) is 13.1 Å². The molecule has 120 valence electrons. The third-order valence-corrected chi connectivity index (χ3v) is 4.98. The summed E-state index contributed by atoms with van der Waals surface area (Å²) in [5.41, 5.74) is 2.45. The molecule has 4 heteroatoms. The van der Waals surface area contributed by atoms with Crippen LogP contribution in [0.5, 0.6) is 0 Å². The van der Waals surface area contributed by atoms with Crippen LogP contribution >= 0.6 is 0 Å². The zero-order valence-electron chi connectivity index (χ0n) is 14.4. The standard InChI is InChI=1S/C17H32N4/c1-6-8-15-10-18-17(13(3)7-2)12-21(15)11-16-9-14(4)19-20(16)5/h9,13,15,17-18H,6-8,10-12H2,1-5H3. The second kappa shape index (κ2) is 7.41. The van der Waals surface area contributed by atoms with E-state index in [0.717, 1.165) is 31.2 Å². The Morgan fingerprint density at radius 3 is 2.76 bits per heavy atom. The Morgan fingerprint density at radius 2 is 2.19 bits per heavy atom. The van der Waals surface area contributed by atoms with Gasteiger partial charge in [0.25, 0.3) is 0 Å². The van der Waals surface area contributed by atoms with Gasteiger partial charge >= 0.3 is 0 Å². The number of aromatic nitrogens is 2. The van der Waals surface area contributed by atoms with Crippen LogP contribution in [-0.4, -0.2) is 39.9 Å². The van der Waals surface area contributed by atoms with Crippen molar-refractivity contribution < 1.29 is 0 Å². The molecule has 0 radical (unpaired) electrons. The number of nitrogens with one attached hydrogen (secondary N) is 1. The Bertz CT molecular complexity index is 440. The number of nitrogens with zero attached hydrogens (tertiary/aromatic N) is 3. The lowest BCUT2D eigenvalue weighted by Crippen LogP contribution is -2.58. The molecule has 3 unspecified atom stereocenters. The number of rotatable bonds is 6. The largest absolute Gasteiger partial charge is 0.311 e. The van der Waals surface area contributed by atoms with E-state index in [-0.39, 0.29) is 0 Å². The molecule has 2 heterocycles. The molecular weight excluding hydrogens is 260 g/mol. The van der Waals surface area contributed by atoms with Crippen molar-refractivity contribution in [3.05, 3.63) is 17.5 Å². The van der Waals surface area contributed by atoms with Gasteiger partial charge in [0.2, 0.25) is 0 Å². The highest BCUT2D eigenvalue weighted by Gasteiger charge is 2.30. The van der Waals surface area contributed by atoms with Gasteiger partial charge in [-0.2, -0.15) is 5.10 Å². The molecule has 1 aromatic rings. The van der Waals surface area contributed by atoms with Crippen LogP contribution < -0.4 is 5.32 Å². The maximum absolute atomic E-state index is 4.49. The Balaban J connectivity index is 2.08. The summed E-state index contributed by atoms with van der Waals surface area (Å²) in [5.74, 6) is 0.739. The van der Waals surface area contributed by atoms with E-state index in [9.17, 15) is 0 Å². The number of hydrogen-bond acceptors (Lipinski definition) is 3. The normalized spacial score (nSPS) is 25.2. The third-order valence-electron chi connectivity index (χ3n) is 4.98. The van der Waals surface area contributed by atoms with E-state index < -0.39 is 0 Å². The van der Waals surface area contributed by atoms with Crippen LogP contribution in [0, 0.1) is 12.8 Å². The molecule has 21 heavy (non-hydrogen) atoms. The molecule has 4 nitrogen and oxygen atoms in total. The van der Waals surface area contributed by atoms with Gasteiger partial charge in [-0.25, -0.2) is 0 Å². The first kappa shape index (κ1) is 16.5. The highest BCUT2D eigenvalue weighted by Crippen LogP contribution is 2.20. The van der Waals surface area contributed by atoms with Crippen molar-refractivity contribution in [3.8, 4) is 0 Å². The van der Waals surface area contributed by atoms with Crippen molar-refractivity contribution in [2.45, 2.75) is 65.6 Å². The first-order chi connectivity index (χ1) is 10.0. The molecule has 1 aromatic heterocycles. The molecule has 0 saturated carbocycles. The van der Waals surface area contributed by atoms with E-state index in [2.05, 4.69) is 56.1 Å². The molecule has 3 atom stereocenters. The van der Waals surface area contributed by atoms with Gasteiger partial charge in [-0.05, 0) is 25.3 Å². The zero-order valence-corrected chi connectivity index (χ0v) is 14.4. The van der Waals surface area contributed by atoms with Gasteiger partial charge in [0, 0.05) is 38.8 Å². The lowest BCUT2D eigenvalue weighted by Gasteiger charge is -2.42. The molecule has 2 rings (SSSR count). The smallest absolute Gasteiger partial charge is 0.0597 e. The number of piperazine rings is 1. The third kappa shape index (κ3) is 4.07. The van der Waals surface area contributed by atoms with Crippen LogP contribution in [0.25, 0.3) is 0 Å². The zero-order chi connectivity index (χ0) is 15.4. The van der Waals surface area contributed by atoms with Crippen molar-refractivity contribution >= 4 is 0 Å². The van der Waals surface area contributed by atoms with E-state index in [1.165, 1.54) is 25.0 Å². The maximum Gasteiger partial charge on any atom is 0.0597 e. The predicted molar refractivity (Wildman–Crippen MR) is 88.3 cm³/mol. The molecule has 1 aliphatic heterocycles. The lowest BCUT2D eigenvalue weighted by atomic mass is 9.94. The van der Waals surface area contributed by atoms with E-state index in [1.54, 1.807) is 0 Å². The Morgan fingerprint density at radius 1 is 1.43 bits per heavy atom. The van der Waals surface area contributed by atoms with Crippen LogP contribution in [0.4, 0.5) is 0 Å². The summed E-state index contributed by atoms with van der Waals surface area (Å²) in [6.07, 6.45) is 3.77.